The van der Waals surface area contributed by atoms with Gasteiger partial charge in [-0.25, -0.2) is 4.98 Å². The number of hydrogen-bond acceptors (Lipinski definition) is 7. The molecule has 1 aliphatic rings. The molecular weight excluding hydrogens is 596 g/mol. The summed E-state index contributed by atoms with van der Waals surface area (Å²) in [6, 6.07) is 37.4. The molecular formula is C41H42N4O3. The van der Waals surface area contributed by atoms with E-state index in [4.69, 9.17) is 10.7 Å². The highest BCUT2D eigenvalue weighted by Crippen LogP contribution is 2.43. The Bertz CT molecular complexity index is 1770. The van der Waals surface area contributed by atoms with Crippen molar-refractivity contribution in [1.82, 2.24) is 9.97 Å². The minimum Gasteiger partial charge on any atom is -0.388 e. The van der Waals surface area contributed by atoms with E-state index in [1.807, 2.05) is 121 Å². The van der Waals surface area contributed by atoms with E-state index >= 15 is 0 Å². The quantitative estimate of drug-likeness (QED) is 0.122. The first kappa shape index (κ1) is 32.9. The fourth-order valence-corrected chi connectivity index (χ4v) is 7.16. The van der Waals surface area contributed by atoms with Crippen LogP contribution in [0.2, 0.25) is 0 Å². The summed E-state index contributed by atoms with van der Waals surface area (Å²) in [6.07, 6.45) is 5.32. The van der Waals surface area contributed by atoms with Gasteiger partial charge < -0.3 is 16.2 Å². The summed E-state index contributed by atoms with van der Waals surface area (Å²) in [5, 5.41) is 15.6. The van der Waals surface area contributed by atoms with Crippen LogP contribution in [0.25, 0.3) is 0 Å². The van der Waals surface area contributed by atoms with Crippen LogP contribution in [0, 0.1) is 11.8 Å². The van der Waals surface area contributed by atoms with Gasteiger partial charge in [0, 0.05) is 36.3 Å². The summed E-state index contributed by atoms with van der Waals surface area (Å²) >= 11 is 0. The lowest BCUT2D eigenvalue weighted by Crippen LogP contribution is -2.40. The van der Waals surface area contributed by atoms with Crippen LogP contribution in [0.3, 0.4) is 0 Å². The van der Waals surface area contributed by atoms with Crippen molar-refractivity contribution in [2.24, 2.45) is 17.6 Å². The average Bonchev–Trinajstić information content (AvgIpc) is 3.63. The van der Waals surface area contributed by atoms with E-state index < -0.39 is 24.1 Å². The van der Waals surface area contributed by atoms with Crippen LogP contribution < -0.4 is 11.1 Å². The first-order valence-electron chi connectivity index (χ1n) is 16.7. The number of rotatable bonds is 14. The second-order valence-electron chi connectivity index (χ2n) is 12.7. The molecule has 244 valence electrons. The number of carbonyl (C=O) groups is 2. The first-order valence-corrected chi connectivity index (χ1v) is 16.7. The Hall–Kier alpha value is -4.98. The van der Waals surface area contributed by atoms with E-state index in [-0.39, 0.29) is 29.8 Å². The van der Waals surface area contributed by atoms with Gasteiger partial charge in [-0.3, -0.25) is 14.6 Å². The molecule has 6 rings (SSSR count). The van der Waals surface area contributed by atoms with Gasteiger partial charge in [0.15, 0.2) is 5.78 Å². The number of aromatic nitrogens is 2. The number of pyridine rings is 2. The summed E-state index contributed by atoms with van der Waals surface area (Å²) < 4.78 is 0. The molecule has 2 heterocycles. The van der Waals surface area contributed by atoms with Gasteiger partial charge >= 0.3 is 0 Å². The molecule has 0 aliphatic heterocycles. The summed E-state index contributed by atoms with van der Waals surface area (Å²) in [7, 11) is 0. The van der Waals surface area contributed by atoms with E-state index in [1.54, 1.807) is 12.4 Å². The van der Waals surface area contributed by atoms with Crippen molar-refractivity contribution in [3.63, 3.8) is 0 Å². The van der Waals surface area contributed by atoms with Crippen LogP contribution in [0.1, 0.15) is 65.3 Å². The molecule has 4 N–H and O–H groups in total. The van der Waals surface area contributed by atoms with Crippen LogP contribution in [-0.4, -0.2) is 32.7 Å². The molecule has 0 spiro atoms. The summed E-state index contributed by atoms with van der Waals surface area (Å²) in [4.78, 5) is 37.0. The molecule has 0 amide bonds. The maximum atomic E-state index is 14.2. The molecule has 1 saturated carbocycles. The van der Waals surface area contributed by atoms with Gasteiger partial charge in [-0.05, 0) is 65.8 Å². The molecule has 2 unspecified atom stereocenters. The standard InChI is InChI=1S/C41H42N4O3/c42-34(26-28-14-3-1-4-15-28)41(48)33-21-13-20-32(33)36(46)27-30-18-7-8-19-31(30)39(45-37-23-10-12-25-44-37)38(35-22-9-11-24-43-35)40(47)29-16-5-2-6-17-29/h1-12,14-19,22-25,32-34,38-40,47H,13,20-21,26-27,42H2,(H,44,45)/t32?,33?,34-,38+,39-,40-/m0/s1. The van der Waals surface area contributed by atoms with Crippen molar-refractivity contribution in [3.05, 3.63) is 162 Å². The number of hydrogen-bond donors (Lipinski definition) is 3. The van der Waals surface area contributed by atoms with Gasteiger partial charge in [-0.2, -0.15) is 0 Å². The molecule has 7 nitrogen and oxygen atoms in total. The normalized spacial score (nSPS) is 18.4. The number of anilines is 1. The monoisotopic (exact) mass is 638 g/mol. The van der Waals surface area contributed by atoms with Crippen molar-refractivity contribution in [2.45, 2.75) is 56.2 Å². The highest BCUT2D eigenvalue weighted by molar-refractivity contribution is 5.94. The van der Waals surface area contributed by atoms with E-state index in [0.717, 1.165) is 28.7 Å². The Morgan fingerprint density at radius 3 is 2.12 bits per heavy atom. The second kappa shape index (κ2) is 15.7. The number of nitrogens with one attached hydrogen (secondary N) is 1. The number of ketones is 2. The maximum absolute atomic E-state index is 14.2. The molecule has 1 aliphatic carbocycles. The Morgan fingerprint density at radius 1 is 0.771 bits per heavy atom. The number of nitrogens with two attached hydrogens (primary N) is 1. The van der Waals surface area contributed by atoms with E-state index in [0.29, 0.717) is 30.8 Å². The highest BCUT2D eigenvalue weighted by Gasteiger charge is 2.40. The van der Waals surface area contributed by atoms with Crippen molar-refractivity contribution >= 4 is 17.4 Å². The topological polar surface area (TPSA) is 118 Å². The van der Waals surface area contributed by atoms with Gasteiger partial charge in [-0.15, -0.1) is 0 Å². The number of aliphatic hydroxyl groups excluding tert-OH is 1. The number of nitrogens with zero attached hydrogens (tertiary/aromatic N) is 2. The number of carbonyl (C=O) groups excluding carboxylic acids is 2. The van der Waals surface area contributed by atoms with Crippen molar-refractivity contribution in [2.75, 3.05) is 5.32 Å². The lowest BCUT2D eigenvalue weighted by molar-refractivity contribution is -0.131. The molecule has 2 aromatic heterocycles. The van der Waals surface area contributed by atoms with Crippen LogP contribution in [0.15, 0.2) is 134 Å². The fourth-order valence-electron chi connectivity index (χ4n) is 7.16. The number of Topliss-reactive ketones (excluding diaryl/α,β-unsaturated/α-hetero) is 2. The molecule has 7 heteroatoms. The zero-order chi connectivity index (χ0) is 33.3. The van der Waals surface area contributed by atoms with Crippen molar-refractivity contribution in [3.8, 4) is 0 Å². The third-order valence-corrected chi connectivity index (χ3v) is 9.55. The molecule has 3 aromatic carbocycles. The Kier molecular flexibility index (Phi) is 10.8. The zero-order valence-electron chi connectivity index (χ0n) is 26.9. The smallest absolute Gasteiger partial charge is 0.153 e. The lowest BCUT2D eigenvalue weighted by Gasteiger charge is -2.33. The minimum absolute atomic E-state index is 0.0288. The molecule has 0 saturated heterocycles. The molecule has 1 fully saturated rings. The third kappa shape index (κ3) is 7.76. The van der Waals surface area contributed by atoms with Crippen LogP contribution in [0.4, 0.5) is 5.82 Å². The predicted molar refractivity (Wildman–Crippen MR) is 188 cm³/mol. The van der Waals surface area contributed by atoms with Crippen LogP contribution in [0.5, 0.6) is 0 Å². The second-order valence-corrected chi connectivity index (χ2v) is 12.7. The largest absolute Gasteiger partial charge is 0.388 e. The van der Waals surface area contributed by atoms with Crippen LogP contribution >= 0.6 is 0 Å². The van der Waals surface area contributed by atoms with Gasteiger partial charge in [0.25, 0.3) is 0 Å². The Balaban J connectivity index is 1.32. The Labute approximate surface area is 282 Å². The lowest BCUT2D eigenvalue weighted by atomic mass is 9.79. The van der Waals surface area contributed by atoms with Gasteiger partial charge in [0.2, 0.25) is 0 Å². The minimum atomic E-state index is -0.922. The van der Waals surface area contributed by atoms with E-state index in [9.17, 15) is 14.7 Å². The highest BCUT2D eigenvalue weighted by atomic mass is 16.3. The first-order chi connectivity index (χ1) is 23.5. The number of aliphatic hydroxyl groups is 1. The molecule has 6 atom stereocenters. The average molecular weight is 639 g/mol. The summed E-state index contributed by atoms with van der Waals surface area (Å²) in [6.45, 7) is 0. The molecule has 48 heavy (non-hydrogen) atoms. The van der Waals surface area contributed by atoms with Crippen molar-refractivity contribution in [1.29, 1.82) is 0 Å². The van der Waals surface area contributed by atoms with Crippen LogP contribution in [-0.2, 0) is 22.4 Å². The third-order valence-electron chi connectivity index (χ3n) is 9.55. The van der Waals surface area contributed by atoms with E-state index in [2.05, 4.69) is 10.3 Å². The van der Waals surface area contributed by atoms with E-state index in [1.165, 1.54) is 0 Å². The predicted octanol–water partition coefficient (Wildman–Crippen LogP) is 6.81. The van der Waals surface area contributed by atoms with Gasteiger partial charge in [-0.1, -0.05) is 103 Å². The zero-order valence-corrected chi connectivity index (χ0v) is 26.9. The van der Waals surface area contributed by atoms with Gasteiger partial charge in [0.1, 0.15) is 11.6 Å². The SMILES string of the molecule is N[C@@H](Cc1ccccc1)C(=O)C1CCCC1C(=O)Cc1ccccc1[C@H](Nc1ccccn1)[C@@H](c1ccccn1)[C@@H](O)c1ccccc1. The molecule has 0 bridgehead atoms. The summed E-state index contributed by atoms with van der Waals surface area (Å²) in [5.41, 5.74) is 10.6. The molecule has 5 aromatic rings. The fraction of sp³-hybridized carbons (Fsp3) is 0.268. The van der Waals surface area contributed by atoms with Crippen molar-refractivity contribution < 1.29 is 14.7 Å². The summed E-state index contributed by atoms with van der Waals surface area (Å²) in [5.74, 6) is -0.649. The van der Waals surface area contributed by atoms with Gasteiger partial charge in [0.05, 0.1) is 24.1 Å². The maximum Gasteiger partial charge on any atom is 0.153 e. The molecule has 0 radical (unpaired) electrons. The number of benzene rings is 3. The Morgan fingerprint density at radius 2 is 1.42 bits per heavy atom.